The fraction of sp³-hybridized carbons (Fsp3) is 0.600. The van der Waals surface area contributed by atoms with E-state index in [9.17, 15) is 8.42 Å². The van der Waals surface area contributed by atoms with Gasteiger partial charge in [-0.1, -0.05) is 13.8 Å². The fourth-order valence-electron chi connectivity index (χ4n) is 1.49. The summed E-state index contributed by atoms with van der Waals surface area (Å²) in [5.74, 6) is 0.610. The van der Waals surface area contributed by atoms with Crippen LogP contribution in [0.5, 0.6) is 0 Å². The van der Waals surface area contributed by atoms with E-state index in [-0.39, 0.29) is 23.8 Å². The van der Waals surface area contributed by atoms with Gasteiger partial charge in [-0.3, -0.25) is 5.41 Å². The van der Waals surface area contributed by atoms with Crippen LogP contribution in [0, 0.1) is 5.41 Å². The zero-order valence-corrected chi connectivity index (χ0v) is 11.4. The molecular weight excluding hydrogens is 254 g/mol. The molecular formula is C10H19N5O2S. The van der Waals surface area contributed by atoms with Gasteiger partial charge in [0.25, 0.3) is 10.0 Å². The van der Waals surface area contributed by atoms with Gasteiger partial charge in [-0.25, -0.2) is 13.4 Å². The SMILES string of the molecule is CCc1ncc(S(=O)(=O)N(CC)CCC(=N)N)[nH]1. The van der Waals surface area contributed by atoms with E-state index in [1.807, 2.05) is 6.92 Å². The Labute approximate surface area is 107 Å². The van der Waals surface area contributed by atoms with Crippen molar-refractivity contribution in [1.29, 1.82) is 5.41 Å². The predicted molar refractivity (Wildman–Crippen MR) is 68.9 cm³/mol. The molecule has 0 spiro atoms. The van der Waals surface area contributed by atoms with E-state index >= 15 is 0 Å². The molecule has 0 aliphatic carbocycles. The summed E-state index contributed by atoms with van der Waals surface area (Å²) in [6.45, 7) is 4.17. The normalized spacial score (nSPS) is 11.9. The van der Waals surface area contributed by atoms with Crippen LogP contribution in [-0.4, -0.2) is 41.6 Å². The lowest BCUT2D eigenvalue weighted by molar-refractivity contribution is 0.434. The number of aryl methyl sites for hydroxylation is 1. The molecule has 18 heavy (non-hydrogen) atoms. The monoisotopic (exact) mass is 273 g/mol. The molecule has 4 N–H and O–H groups in total. The maximum atomic E-state index is 12.2. The summed E-state index contributed by atoms with van der Waals surface area (Å²) in [5.41, 5.74) is 5.24. The van der Waals surface area contributed by atoms with E-state index in [4.69, 9.17) is 11.1 Å². The number of rotatable bonds is 7. The summed E-state index contributed by atoms with van der Waals surface area (Å²) in [6.07, 6.45) is 2.20. The molecule has 0 aliphatic rings. The highest BCUT2D eigenvalue weighted by atomic mass is 32.2. The number of hydrogen-bond acceptors (Lipinski definition) is 4. The number of aromatic nitrogens is 2. The largest absolute Gasteiger partial charge is 0.388 e. The van der Waals surface area contributed by atoms with Gasteiger partial charge in [0.1, 0.15) is 5.82 Å². The zero-order valence-electron chi connectivity index (χ0n) is 10.6. The van der Waals surface area contributed by atoms with Crippen LogP contribution >= 0.6 is 0 Å². The summed E-state index contributed by atoms with van der Waals surface area (Å²) in [7, 11) is -3.57. The van der Waals surface area contributed by atoms with E-state index < -0.39 is 10.0 Å². The van der Waals surface area contributed by atoms with Gasteiger partial charge in [-0.05, 0) is 0 Å². The number of hydrogen-bond donors (Lipinski definition) is 3. The van der Waals surface area contributed by atoms with Crippen LogP contribution in [0.15, 0.2) is 11.2 Å². The Bertz CT molecular complexity index is 508. The van der Waals surface area contributed by atoms with Crippen molar-refractivity contribution in [3.05, 3.63) is 12.0 Å². The topological polar surface area (TPSA) is 116 Å². The van der Waals surface area contributed by atoms with Crippen molar-refractivity contribution in [1.82, 2.24) is 14.3 Å². The molecule has 0 saturated carbocycles. The lowest BCUT2D eigenvalue weighted by atomic mass is 10.4. The van der Waals surface area contributed by atoms with E-state index in [2.05, 4.69) is 9.97 Å². The second kappa shape index (κ2) is 5.96. The first kappa shape index (κ1) is 14.7. The molecule has 0 aliphatic heterocycles. The first-order valence-electron chi connectivity index (χ1n) is 5.78. The molecule has 8 heteroatoms. The molecule has 0 amide bonds. The Hall–Kier alpha value is -1.41. The number of sulfonamides is 1. The van der Waals surface area contributed by atoms with Gasteiger partial charge in [0, 0.05) is 25.9 Å². The molecule has 0 bridgehead atoms. The van der Waals surface area contributed by atoms with Crippen molar-refractivity contribution in [2.45, 2.75) is 31.7 Å². The number of nitrogens with zero attached hydrogens (tertiary/aromatic N) is 2. The third kappa shape index (κ3) is 3.30. The highest BCUT2D eigenvalue weighted by Gasteiger charge is 2.24. The van der Waals surface area contributed by atoms with Gasteiger partial charge in [-0.15, -0.1) is 0 Å². The maximum absolute atomic E-state index is 12.2. The minimum Gasteiger partial charge on any atom is -0.388 e. The Morgan fingerprint density at radius 3 is 2.67 bits per heavy atom. The molecule has 0 atom stereocenters. The van der Waals surface area contributed by atoms with Gasteiger partial charge in [0.05, 0.1) is 12.0 Å². The minimum absolute atomic E-state index is 0.0255. The molecule has 0 fully saturated rings. The van der Waals surface area contributed by atoms with E-state index in [1.54, 1.807) is 6.92 Å². The van der Waals surface area contributed by atoms with Gasteiger partial charge in [0.15, 0.2) is 5.03 Å². The third-order valence-corrected chi connectivity index (χ3v) is 4.42. The van der Waals surface area contributed by atoms with E-state index in [0.29, 0.717) is 18.8 Å². The van der Waals surface area contributed by atoms with Crippen LogP contribution in [0.4, 0.5) is 0 Å². The van der Waals surface area contributed by atoms with Crippen LogP contribution in [0.25, 0.3) is 0 Å². The van der Waals surface area contributed by atoms with Gasteiger partial charge in [-0.2, -0.15) is 4.31 Å². The molecule has 1 aromatic rings. The average Bonchev–Trinajstić information content (AvgIpc) is 2.78. The first-order chi connectivity index (χ1) is 8.41. The Balaban J connectivity index is 2.91. The fourth-order valence-corrected chi connectivity index (χ4v) is 2.87. The molecule has 0 aromatic carbocycles. The van der Waals surface area contributed by atoms with Crippen molar-refractivity contribution in [2.24, 2.45) is 5.73 Å². The maximum Gasteiger partial charge on any atom is 0.260 e. The summed E-state index contributed by atoms with van der Waals surface area (Å²) in [4.78, 5) is 6.76. The summed E-state index contributed by atoms with van der Waals surface area (Å²) < 4.78 is 25.8. The van der Waals surface area contributed by atoms with E-state index in [0.717, 1.165) is 0 Å². The quantitative estimate of drug-likeness (QED) is 0.489. The van der Waals surface area contributed by atoms with Crippen LogP contribution in [0.2, 0.25) is 0 Å². The molecule has 1 rings (SSSR count). The number of aromatic amines is 1. The Morgan fingerprint density at radius 2 is 2.22 bits per heavy atom. The molecule has 1 heterocycles. The lowest BCUT2D eigenvalue weighted by Gasteiger charge is -2.18. The number of amidine groups is 1. The van der Waals surface area contributed by atoms with Gasteiger partial charge >= 0.3 is 0 Å². The first-order valence-corrected chi connectivity index (χ1v) is 7.22. The zero-order chi connectivity index (χ0) is 13.8. The number of nitrogens with two attached hydrogens (primary N) is 1. The van der Waals surface area contributed by atoms with Crippen molar-refractivity contribution >= 4 is 15.9 Å². The van der Waals surface area contributed by atoms with Crippen molar-refractivity contribution in [2.75, 3.05) is 13.1 Å². The van der Waals surface area contributed by atoms with Crippen LogP contribution in [0.1, 0.15) is 26.1 Å². The Morgan fingerprint density at radius 1 is 1.56 bits per heavy atom. The number of imidazole rings is 1. The van der Waals surface area contributed by atoms with Crippen molar-refractivity contribution in [3.8, 4) is 0 Å². The molecule has 0 saturated heterocycles. The lowest BCUT2D eigenvalue weighted by Crippen LogP contribution is -2.34. The van der Waals surface area contributed by atoms with E-state index in [1.165, 1.54) is 10.5 Å². The van der Waals surface area contributed by atoms with Gasteiger partial charge in [0.2, 0.25) is 0 Å². The smallest absolute Gasteiger partial charge is 0.260 e. The summed E-state index contributed by atoms with van der Waals surface area (Å²) in [6, 6.07) is 0. The predicted octanol–water partition coefficient (Wildman–Crippen LogP) is 0.309. The van der Waals surface area contributed by atoms with Crippen LogP contribution in [-0.2, 0) is 16.4 Å². The second-order valence-electron chi connectivity index (χ2n) is 3.82. The molecule has 1 aromatic heterocycles. The minimum atomic E-state index is -3.57. The van der Waals surface area contributed by atoms with Crippen LogP contribution in [0.3, 0.4) is 0 Å². The molecule has 0 unspecified atom stereocenters. The Kier molecular flexibility index (Phi) is 4.85. The highest BCUT2D eigenvalue weighted by molar-refractivity contribution is 7.89. The molecule has 102 valence electrons. The number of H-pyrrole nitrogens is 1. The summed E-state index contributed by atoms with van der Waals surface area (Å²) >= 11 is 0. The number of nitrogens with one attached hydrogen (secondary N) is 2. The van der Waals surface area contributed by atoms with Gasteiger partial charge < -0.3 is 10.7 Å². The van der Waals surface area contributed by atoms with Crippen LogP contribution < -0.4 is 5.73 Å². The van der Waals surface area contributed by atoms with Crippen molar-refractivity contribution < 1.29 is 8.42 Å². The average molecular weight is 273 g/mol. The summed E-state index contributed by atoms with van der Waals surface area (Å²) in [5, 5.41) is 7.23. The second-order valence-corrected chi connectivity index (χ2v) is 5.73. The highest BCUT2D eigenvalue weighted by Crippen LogP contribution is 2.13. The standard InChI is InChI=1S/C10H19N5O2S/c1-3-9-13-7-10(14-9)18(16,17)15(4-2)6-5-8(11)12/h7H,3-6H2,1-2H3,(H3,11,12)(H,13,14). The third-order valence-electron chi connectivity index (χ3n) is 2.54. The van der Waals surface area contributed by atoms with Crippen molar-refractivity contribution in [3.63, 3.8) is 0 Å². The molecule has 7 nitrogen and oxygen atoms in total. The molecule has 0 radical (unpaired) electrons.